The van der Waals surface area contributed by atoms with Crippen molar-refractivity contribution in [2.24, 2.45) is 0 Å². The van der Waals surface area contributed by atoms with E-state index >= 15 is 0 Å². The minimum absolute atomic E-state index is 0.385. The van der Waals surface area contributed by atoms with Gasteiger partial charge in [0.05, 0.1) is 12.2 Å². The molecule has 2 aliphatic rings. The van der Waals surface area contributed by atoms with Crippen LogP contribution in [0.1, 0.15) is 32.6 Å². The zero-order chi connectivity index (χ0) is 9.10. The summed E-state index contributed by atoms with van der Waals surface area (Å²) in [5, 5.41) is 3.45. The zero-order valence-electron chi connectivity index (χ0n) is 8.33. The molecule has 0 radical (unpaired) electrons. The van der Waals surface area contributed by atoms with Crippen LogP contribution in [0.4, 0.5) is 0 Å². The highest BCUT2D eigenvalue weighted by atomic mass is 16.5. The van der Waals surface area contributed by atoms with Gasteiger partial charge in [-0.2, -0.15) is 0 Å². The lowest BCUT2D eigenvalue weighted by atomic mass is 10.2. The van der Waals surface area contributed by atoms with E-state index in [4.69, 9.17) is 4.74 Å². The van der Waals surface area contributed by atoms with E-state index in [1.807, 2.05) is 0 Å². The largest absolute Gasteiger partial charge is 0.371 e. The molecule has 2 rings (SSSR count). The molecule has 1 saturated carbocycles. The van der Waals surface area contributed by atoms with E-state index in [0.29, 0.717) is 12.2 Å². The molecule has 0 amide bonds. The number of hydrogen-bond acceptors (Lipinski definition) is 2. The van der Waals surface area contributed by atoms with Gasteiger partial charge in [0.15, 0.2) is 0 Å². The molecular weight excluding hydrogens is 162 g/mol. The summed E-state index contributed by atoms with van der Waals surface area (Å²) in [5.41, 5.74) is 0. The van der Waals surface area contributed by atoms with Crippen molar-refractivity contribution in [1.29, 1.82) is 0 Å². The van der Waals surface area contributed by atoms with Crippen LogP contribution in [0.5, 0.6) is 0 Å². The van der Waals surface area contributed by atoms with Crippen molar-refractivity contribution in [3.05, 3.63) is 12.2 Å². The summed E-state index contributed by atoms with van der Waals surface area (Å²) >= 11 is 0. The van der Waals surface area contributed by atoms with E-state index < -0.39 is 0 Å². The molecule has 0 spiro atoms. The monoisotopic (exact) mass is 181 g/mol. The summed E-state index contributed by atoms with van der Waals surface area (Å²) in [5.74, 6) is 0. The predicted molar refractivity (Wildman–Crippen MR) is 53.7 cm³/mol. The summed E-state index contributed by atoms with van der Waals surface area (Å²) in [6.45, 7) is 3.16. The molecule has 2 heteroatoms. The van der Waals surface area contributed by atoms with Gasteiger partial charge in [-0.05, 0) is 32.6 Å². The molecule has 13 heavy (non-hydrogen) atoms. The van der Waals surface area contributed by atoms with Crippen molar-refractivity contribution in [1.82, 2.24) is 5.32 Å². The first-order chi connectivity index (χ1) is 6.34. The Morgan fingerprint density at radius 3 is 2.77 bits per heavy atom. The number of nitrogens with one attached hydrogen (secondary N) is 1. The van der Waals surface area contributed by atoms with Crippen molar-refractivity contribution in [2.45, 2.75) is 50.9 Å². The Morgan fingerprint density at radius 2 is 2.15 bits per heavy atom. The SMILES string of the molecule is CC1CCC(/C=C/CNC2CC2)O1. The van der Waals surface area contributed by atoms with Crippen LogP contribution in [0.3, 0.4) is 0 Å². The van der Waals surface area contributed by atoms with E-state index in [9.17, 15) is 0 Å². The van der Waals surface area contributed by atoms with Crippen LogP contribution in [0, 0.1) is 0 Å². The Kier molecular flexibility index (Phi) is 3.01. The van der Waals surface area contributed by atoms with Crippen LogP contribution in [0.25, 0.3) is 0 Å². The van der Waals surface area contributed by atoms with Crippen molar-refractivity contribution >= 4 is 0 Å². The third-order valence-corrected chi connectivity index (χ3v) is 2.72. The van der Waals surface area contributed by atoms with Crippen LogP contribution in [0.2, 0.25) is 0 Å². The van der Waals surface area contributed by atoms with E-state index in [1.54, 1.807) is 0 Å². The van der Waals surface area contributed by atoms with Crippen molar-refractivity contribution in [2.75, 3.05) is 6.54 Å². The van der Waals surface area contributed by atoms with Crippen LogP contribution in [0.15, 0.2) is 12.2 Å². The lowest BCUT2D eigenvalue weighted by molar-refractivity contribution is 0.0832. The third-order valence-electron chi connectivity index (χ3n) is 2.72. The van der Waals surface area contributed by atoms with E-state index in [0.717, 1.165) is 12.6 Å². The fraction of sp³-hybridized carbons (Fsp3) is 0.818. The van der Waals surface area contributed by atoms with E-state index in [-0.39, 0.29) is 0 Å². The average Bonchev–Trinajstić information content (AvgIpc) is 2.84. The van der Waals surface area contributed by atoms with Crippen LogP contribution >= 0.6 is 0 Å². The average molecular weight is 181 g/mol. The maximum atomic E-state index is 5.67. The number of ether oxygens (including phenoxy) is 1. The molecule has 1 heterocycles. The maximum absolute atomic E-state index is 5.67. The number of rotatable bonds is 4. The first-order valence-electron chi connectivity index (χ1n) is 5.40. The zero-order valence-corrected chi connectivity index (χ0v) is 8.33. The summed E-state index contributed by atoms with van der Waals surface area (Å²) in [6.07, 6.45) is 10.4. The lowest BCUT2D eigenvalue weighted by Gasteiger charge is -2.05. The molecule has 1 aliphatic carbocycles. The van der Waals surface area contributed by atoms with Crippen LogP contribution in [-0.4, -0.2) is 24.8 Å². The number of hydrogen-bond donors (Lipinski definition) is 1. The Labute approximate surface area is 80.4 Å². The molecule has 0 bridgehead atoms. The molecular formula is C11H19NO. The molecule has 2 fully saturated rings. The smallest absolute Gasteiger partial charge is 0.0760 e. The fourth-order valence-electron chi connectivity index (χ4n) is 1.72. The van der Waals surface area contributed by atoms with Crippen LogP contribution in [-0.2, 0) is 4.74 Å². The second-order valence-corrected chi connectivity index (χ2v) is 4.17. The highest BCUT2D eigenvalue weighted by Gasteiger charge is 2.20. The van der Waals surface area contributed by atoms with Crippen molar-refractivity contribution < 1.29 is 4.74 Å². The second-order valence-electron chi connectivity index (χ2n) is 4.17. The summed E-state index contributed by atoms with van der Waals surface area (Å²) in [7, 11) is 0. The topological polar surface area (TPSA) is 21.3 Å². The molecule has 2 unspecified atom stereocenters. The van der Waals surface area contributed by atoms with Gasteiger partial charge in [0, 0.05) is 12.6 Å². The van der Waals surface area contributed by atoms with E-state index in [2.05, 4.69) is 24.4 Å². The summed E-state index contributed by atoms with van der Waals surface area (Å²) in [4.78, 5) is 0. The Hall–Kier alpha value is -0.340. The molecule has 74 valence electrons. The van der Waals surface area contributed by atoms with Gasteiger partial charge >= 0.3 is 0 Å². The van der Waals surface area contributed by atoms with Crippen molar-refractivity contribution in [3.8, 4) is 0 Å². The van der Waals surface area contributed by atoms with Crippen LogP contribution < -0.4 is 5.32 Å². The van der Waals surface area contributed by atoms with Gasteiger partial charge in [0.25, 0.3) is 0 Å². The van der Waals surface area contributed by atoms with Gasteiger partial charge in [0.2, 0.25) is 0 Å². The lowest BCUT2D eigenvalue weighted by Crippen LogP contribution is -2.16. The highest BCUT2D eigenvalue weighted by molar-refractivity contribution is 4.95. The van der Waals surface area contributed by atoms with Gasteiger partial charge in [-0.1, -0.05) is 12.2 Å². The predicted octanol–water partition coefficient (Wildman–Crippen LogP) is 1.86. The fourth-order valence-corrected chi connectivity index (χ4v) is 1.72. The first-order valence-corrected chi connectivity index (χ1v) is 5.40. The second kappa shape index (κ2) is 4.25. The maximum Gasteiger partial charge on any atom is 0.0760 e. The molecule has 0 aromatic rings. The Morgan fingerprint density at radius 1 is 1.31 bits per heavy atom. The normalized spacial score (nSPS) is 34.5. The van der Waals surface area contributed by atoms with E-state index in [1.165, 1.54) is 25.7 Å². The van der Waals surface area contributed by atoms with Gasteiger partial charge < -0.3 is 10.1 Å². The summed E-state index contributed by atoms with van der Waals surface area (Å²) in [6, 6.07) is 0.813. The molecule has 2 nitrogen and oxygen atoms in total. The molecule has 0 aromatic heterocycles. The Balaban J connectivity index is 1.59. The quantitative estimate of drug-likeness (QED) is 0.668. The standard InChI is InChI=1S/C11H19NO/c1-9-4-7-11(13-9)3-2-8-12-10-5-6-10/h2-3,9-12H,4-8H2,1H3/b3-2+. The molecule has 1 saturated heterocycles. The first kappa shape index (κ1) is 9.22. The molecule has 1 aliphatic heterocycles. The van der Waals surface area contributed by atoms with Gasteiger partial charge in [-0.15, -0.1) is 0 Å². The molecule has 1 N–H and O–H groups in total. The van der Waals surface area contributed by atoms with Gasteiger partial charge in [-0.3, -0.25) is 0 Å². The minimum Gasteiger partial charge on any atom is -0.371 e. The van der Waals surface area contributed by atoms with Gasteiger partial charge in [-0.25, -0.2) is 0 Å². The summed E-state index contributed by atoms with van der Waals surface area (Å²) < 4.78 is 5.67. The third kappa shape index (κ3) is 3.12. The Bertz CT molecular complexity index is 187. The van der Waals surface area contributed by atoms with Crippen molar-refractivity contribution in [3.63, 3.8) is 0 Å². The van der Waals surface area contributed by atoms with Gasteiger partial charge in [0.1, 0.15) is 0 Å². The molecule has 0 aromatic carbocycles. The molecule has 2 atom stereocenters. The minimum atomic E-state index is 0.385. The highest BCUT2D eigenvalue weighted by Crippen LogP contribution is 2.20.